The highest BCUT2D eigenvalue weighted by molar-refractivity contribution is 5.34. The summed E-state index contributed by atoms with van der Waals surface area (Å²) in [6.07, 6.45) is 1.57. The first-order valence-electron chi connectivity index (χ1n) is 5.93. The molecular formula is C13H18FNO2. The van der Waals surface area contributed by atoms with Crippen LogP contribution in [0.15, 0.2) is 18.2 Å². The maximum absolute atomic E-state index is 13.2. The summed E-state index contributed by atoms with van der Waals surface area (Å²) in [5.41, 5.74) is 6.57. The fourth-order valence-electron chi connectivity index (χ4n) is 1.95. The molecule has 94 valence electrons. The molecule has 0 spiro atoms. The molecular weight excluding hydrogens is 221 g/mol. The van der Waals surface area contributed by atoms with Gasteiger partial charge in [-0.3, -0.25) is 0 Å². The Balaban J connectivity index is 2.13. The van der Waals surface area contributed by atoms with Gasteiger partial charge in [-0.15, -0.1) is 0 Å². The average Bonchev–Trinajstić information content (AvgIpc) is 2.74. The zero-order valence-electron chi connectivity index (χ0n) is 9.99. The van der Waals surface area contributed by atoms with Crippen molar-refractivity contribution in [2.75, 3.05) is 13.2 Å². The summed E-state index contributed by atoms with van der Waals surface area (Å²) in [6, 6.07) is 4.56. The number of nitrogens with two attached hydrogens (primary N) is 1. The van der Waals surface area contributed by atoms with E-state index < -0.39 is 0 Å². The van der Waals surface area contributed by atoms with E-state index in [1.807, 2.05) is 6.92 Å². The van der Waals surface area contributed by atoms with E-state index in [-0.39, 0.29) is 18.0 Å². The molecule has 1 aromatic rings. The summed E-state index contributed by atoms with van der Waals surface area (Å²) >= 11 is 0. The molecule has 0 radical (unpaired) electrons. The van der Waals surface area contributed by atoms with Gasteiger partial charge in [-0.1, -0.05) is 0 Å². The van der Waals surface area contributed by atoms with Gasteiger partial charge in [-0.2, -0.15) is 0 Å². The first kappa shape index (κ1) is 12.3. The molecule has 1 aliphatic rings. The average molecular weight is 239 g/mol. The topological polar surface area (TPSA) is 44.5 Å². The van der Waals surface area contributed by atoms with Crippen LogP contribution >= 0.6 is 0 Å². The van der Waals surface area contributed by atoms with Crippen LogP contribution in [-0.2, 0) is 11.2 Å². The lowest BCUT2D eigenvalue weighted by molar-refractivity contribution is 0.140. The molecule has 1 heterocycles. The highest BCUT2D eigenvalue weighted by atomic mass is 19.1. The van der Waals surface area contributed by atoms with Gasteiger partial charge in [-0.25, -0.2) is 4.39 Å². The quantitative estimate of drug-likeness (QED) is 0.872. The third kappa shape index (κ3) is 3.41. The summed E-state index contributed by atoms with van der Waals surface area (Å²) in [6.45, 7) is 3.23. The second-order valence-electron chi connectivity index (χ2n) is 4.54. The lowest BCUT2D eigenvalue weighted by Crippen LogP contribution is -2.21. The SMILES string of the molecule is CC(N)Cc1cc(F)ccc1OC1CCOC1. The molecule has 17 heavy (non-hydrogen) atoms. The van der Waals surface area contributed by atoms with Gasteiger partial charge in [0.25, 0.3) is 0 Å². The Kier molecular flexibility index (Phi) is 3.97. The van der Waals surface area contributed by atoms with E-state index in [0.29, 0.717) is 13.0 Å². The smallest absolute Gasteiger partial charge is 0.124 e. The van der Waals surface area contributed by atoms with Crippen molar-refractivity contribution in [3.05, 3.63) is 29.6 Å². The van der Waals surface area contributed by atoms with Crippen molar-refractivity contribution in [1.82, 2.24) is 0 Å². The number of hydrogen-bond acceptors (Lipinski definition) is 3. The van der Waals surface area contributed by atoms with E-state index in [2.05, 4.69) is 0 Å². The fraction of sp³-hybridized carbons (Fsp3) is 0.538. The van der Waals surface area contributed by atoms with Crippen LogP contribution in [0.2, 0.25) is 0 Å². The Morgan fingerprint density at radius 3 is 3.06 bits per heavy atom. The number of halogens is 1. The van der Waals surface area contributed by atoms with Crippen LogP contribution in [0.5, 0.6) is 5.75 Å². The summed E-state index contributed by atoms with van der Waals surface area (Å²) in [5, 5.41) is 0. The van der Waals surface area contributed by atoms with Crippen LogP contribution < -0.4 is 10.5 Å². The molecule has 2 unspecified atom stereocenters. The van der Waals surface area contributed by atoms with Crippen molar-refractivity contribution in [3.8, 4) is 5.75 Å². The molecule has 0 bridgehead atoms. The normalized spacial score (nSPS) is 21.5. The van der Waals surface area contributed by atoms with E-state index in [1.54, 1.807) is 6.07 Å². The molecule has 1 fully saturated rings. The molecule has 1 aromatic carbocycles. The van der Waals surface area contributed by atoms with Crippen molar-refractivity contribution >= 4 is 0 Å². The minimum atomic E-state index is -0.254. The predicted octanol–water partition coefficient (Wildman–Crippen LogP) is 1.88. The van der Waals surface area contributed by atoms with E-state index in [9.17, 15) is 4.39 Å². The number of benzene rings is 1. The highest BCUT2D eigenvalue weighted by Crippen LogP contribution is 2.24. The van der Waals surface area contributed by atoms with Crippen molar-refractivity contribution in [2.45, 2.75) is 31.9 Å². The van der Waals surface area contributed by atoms with Crippen LogP contribution in [0.3, 0.4) is 0 Å². The van der Waals surface area contributed by atoms with Crippen LogP contribution in [0, 0.1) is 5.82 Å². The molecule has 4 heteroatoms. The minimum absolute atomic E-state index is 0.0148. The summed E-state index contributed by atoms with van der Waals surface area (Å²) in [5.74, 6) is 0.467. The van der Waals surface area contributed by atoms with Crippen molar-refractivity contribution in [3.63, 3.8) is 0 Å². The molecule has 0 aromatic heterocycles. The zero-order chi connectivity index (χ0) is 12.3. The third-order valence-electron chi connectivity index (χ3n) is 2.75. The number of ether oxygens (including phenoxy) is 2. The zero-order valence-corrected chi connectivity index (χ0v) is 9.99. The molecule has 2 N–H and O–H groups in total. The molecule has 2 atom stereocenters. The lowest BCUT2D eigenvalue weighted by Gasteiger charge is -2.16. The molecule has 1 saturated heterocycles. The first-order chi connectivity index (χ1) is 8.15. The van der Waals surface area contributed by atoms with Crippen molar-refractivity contribution < 1.29 is 13.9 Å². The maximum Gasteiger partial charge on any atom is 0.124 e. The van der Waals surface area contributed by atoms with Crippen molar-refractivity contribution in [1.29, 1.82) is 0 Å². The van der Waals surface area contributed by atoms with Crippen LogP contribution in [0.1, 0.15) is 18.9 Å². The van der Waals surface area contributed by atoms with Crippen LogP contribution in [0.25, 0.3) is 0 Å². The van der Waals surface area contributed by atoms with E-state index in [1.165, 1.54) is 12.1 Å². The molecule has 2 rings (SSSR count). The van der Waals surface area contributed by atoms with E-state index in [0.717, 1.165) is 24.3 Å². The standard InChI is InChI=1S/C13H18FNO2/c1-9(15)6-10-7-11(14)2-3-13(10)17-12-4-5-16-8-12/h2-3,7,9,12H,4-6,8,15H2,1H3. The molecule has 3 nitrogen and oxygen atoms in total. The van der Waals surface area contributed by atoms with Gasteiger partial charge in [0, 0.05) is 12.5 Å². The number of hydrogen-bond donors (Lipinski definition) is 1. The Morgan fingerprint density at radius 2 is 2.41 bits per heavy atom. The molecule has 0 saturated carbocycles. The highest BCUT2D eigenvalue weighted by Gasteiger charge is 2.19. The summed E-state index contributed by atoms with van der Waals surface area (Å²) in [4.78, 5) is 0. The first-order valence-corrected chi connectivity index (χ1v) is 5.93. The Bertz CT molecular complexity index is 376. The van der Waals surface area contributed by atoms with Gasteiger partial charge in [0.05, 0.1) is 13.2 Å². The van der Waals surface area contributed by atoms with Gasteiger partial charge >= 0.3 is 0 Å². The maximum atomic E-state index is 13.2. The molecule has 1 aliphatic heterocycles. The Morgan fingerprint density at radius 1 is 1.59 bits per heavy atom. The van der Waals surface area contributed by atoms with Gasteiger partial charge in [0.1, 0.15) is 17.7 Å². The van der Waals surface area contributed by atoms with Gasteiger partial charge in [0.15, 0.2) is 0 Å². The van der Waals surface area contributed by atoms with Gasteiger partial charge in [0.2, 0.25) is 0 Å². The van der Waals surface area contributed by atoms with Crippen molar-refractivity contribution in [2.24, 2.45) is 5.73 Å². The van der Waals surface area contributed by atoms with E-state index >= 15 is 0 Å². The molecule has 0 amide bonds. The van der Waals surface area contributed by atoms with Crippen LogP contribution in [0.4, 0.5) is 4.39 Å². The Labute approximate surface area is 101 Å². The number of rotatable bonds is 4. The minimum Gasteiger partial charge on any atom is -0.488 e. The van der Waals surface area contributed by atoms with Gasteiger partial charge < -0.3 is 15.2 Å². The second kappa shape index (κ2) is 5.47. The monoisotopic (exact) mass is 239 g/mol. The summed E-state index contributed by atoms with van der Waals surface area (Å²) < 4.78 is 24.3. The third-order valence-corrected chi connectivity index (χ3v) is 2.75. The lowest BCUT2D eigenvalue weighted by atomic mass is 10.1. The predicted molar refractivity (Wildman–Crippen MR) is 63.6 cm³/mol. The second-order valence-corrected chi connectivity index (χ2v) is 4.54. The fourth-order valence-corrected chi connectivity index (χ4v) is 1.95. The summed E-state index contributed by atoms with van der Waals surface area (Å²) in [7, 11) is 0. The van der Waals surface area contributed by atoms with Crippen LogP contribution in [-0.4, -0.2) is 25.4 Å². The Hall–Kier alpha value is -1.13. The van der Waals surface area contributed by atoms with Gasteiger partial charge in [-0.05, 0) is 37.1 Å². The largest absolute Gasteiger partial charge is 0.488 e. The molecule has 0 aliphatic carbocycles. The van der Waals surface area contributed by atoms with E-state index in [4.69, 9.17) is 15.2 Å².